The number of aryl methyl sites for hydroxylation is 2. The van der Waals surface area contributed by atoms with E-state index in [0.29, 0.717) is 5.69 Å². The molecule has 5 nitrogen and oxygen atoms in total. The molecule has 21 heavy (non-hydrogen) atoms. The van der Waals surface area contributed by atoms with Crippen molar-refractivity contribution in [2.75, 3.05) is 10.5 Å². The molecule has 0 atom stereocenters. The van der Waals surface area contributed by atoms with E-state index >= 15 is 0 Å². The van der Waals surface area contributed by atoms with Crippen molar-refractivity contribution in [1.82, 2.24) is 4.98 Å². The molecule has 9 heteroatoms. The summed E-state index contributed by atoms with van der Waals surface area (Å²) in [4.78, 5) is 4.99. The lowest BCUT2D eigenvalue weighted by molar-refractivity contribution is 0.601. The summed E-state index contributed by atoms with van der Waals surface area (Å²) in [6.07, 6.45) is 0.730. The zero-order valence-corrected chi connectivity index (χ0v) is 14.4. The summed E-state index contributed by atoms with van der Waals surface area (Å²) < 4.78 is 27.2. The Hall–Kier alpha value is -1.02. The van der Waals surface area contributed by atoms with E-state index in [0.717, 1.165) is 17.0 Å². The molecule has 0 unspecified atom stereocenters. The van der Waals surface area contributed by atoms with Gasteiger partial charge in [-0.05, 0) is 25.5 Å². The molecule has 0 saturated carbocycles. The summed E-state index contributed by atoms with van der Waals surface area (Å²) in [5.74, 6) is 0. The molecule has 114 valence electrons. The fourth-order valence-corrected chi connectivity index (χ4v) is 5.17. The number of nitrogens with one attached hydrogen (secondary N) is 1. The predicted molar refractivity (Wildman–Crippen MR) is 87.9 cm³/mol. The van der Waals surface area contributed by atoms with Gasteiger partial charge >= 0.3 is 0 Å². The van der Waals surface area contributed by atoms with Gasteiger partial charge in [-0.25, -0.2) is 13.4 Å². The first-order valence-electron chi connectivity index (χ1n) is 5.98. The van der Waals surface area contributed by atoms with Crippen molar-refractivity contribution in [2.24, 2.45) is 0 Å². The summed E-state index contributed by atoms with van der Waals surface area (Å²) in [5.41, 5.74) is 6.72. The highest BCUT2D eigenvalue weighted by molar-refractivity contribution is 7.93. The highest BCUT2D eigenvalue weighted by Gasteiger charge is 2.24. The van der Waals surface area contributed by atoms with Crippen LogP contribution >= 0.6 is 34.5 Å². The molecule has 1 heterocycles. The Balaban J connectivity index is 2.43. The number of nitrogens with zero attached hydrogens (tertiary/aromatic N) is 1. The maximum absolute atomic E-state index is 12.4. The summed E-state index contributed by atoms with van der Waals surface area (Å²) in [5, 5.41) is 0.223. The van der Waals surface area contributed by atoms with Gasteiger partial charge in [-0.2, -0.15) is 0 Å². The van der Waals surface area contributed by atoms with Gasteiger partial charge < -0.3 is 5.73 Å². The molecule has 0 bridgehead atoms. The average Bonchev–Trinajstić information content (AvgIpc) is 2.66. The number of aromatic nitrogens is 1. The number of nitrogens with two attached hydrogens (primary N) is 1. The molecule has 2 rings (SSSR count). The third kappa shape index (κ3) is 3.42. The lowest BCUT2D eigenvalue weighted by Gasteiger charge is -2.09. The quantitative estimate of drug-likeness (QED) is 0.808. The topological polar surface area (TPSA) is 85.1 Å². The van der Waals surface area contributed by atoms with Gasteiger partial charge in [-0.1, -0.05) is 30.1 Å². The normalized spacial score (nSPS) is 11.6. The number of sulfonamides is 1. The summed E-state index contributed by atoms with van der Waals surface area (Å²) in [7, 11) is -3.92. The Labute approximate surface area is 137 Å². The minimum atomic E-state index is -3.92. The van der Waals surface area contributed by atoms with E-state index < -0.39 is 10.0 Å². The molecule has 0 saturated heterocycles. The van der Waals surface area contributed by atoms with Gasteiger partial charge in [0, 0.05) is 10.6 Å². The van der Waals surface area contributed by atoms with E-state index in [9.17, 15) is 8.42 Å². The highest BCUT2D eigenvalue weighted by Crippen LogP contribution is 2.34. The maximum atomic E-state index is 12.4. The van der Waals surface area contributed by atoms with Gasteiger partial charge in [0.1, 0.15) is 4.90 Å². The first-order chi connectivity index (χ1) is 9.74. The second-order valence-corrected chi connectivity index (χ2v) is 7.93. The lowest BCUT2D eigenvalue weighted by atomic mass is 10.3. The third-order valence-electron chi connectivity index (χ3n) is 2.74. The fraction of sp³-hybridized carbons (Fsp3) is 0.250. The summed E-state index contributed by atoms with van der Waals surface area (Å²) in [6.45, 7) is 3.84. The summed E-state index contributed by atoms with van der Waals surface area (Å²) in [6, 6.07) is 2.68. The third-order valence-corrected chi connectivity index (χ3v) is 6.06. The molecule has 0 spiro atoms. The highest BCUT2D eigenvalue weighted by atomic mass is 35.5. The lowest BCUT2D eigenvalue weighted by Crippen LogP contribution is -2.14. The molecule has 0 fully saturated rings. The van der Waals surface area contributed by atoms with Gasteiger partial charge in [0.25, 0.3) is 10.0 Å². The Morgan fingerprint density at radius 2 is 1.90 bits per heavy atom. The van der Waals surface area contributed by atoms with Gasteiger partial charge in [-0.15, -0.1) is 11.3 Å². The van der Waals surface area contributed by atoms with E-state index in [2.05, 4.69) is 9.71 Å². The molecule has 1 aromatic carbocycles. The van der Waals surface area contributed by atoms with Crippen LogP contribution in [0.2, 0.25) is 10.0 Å². The molecule has 3 N–H and O–H groups in total. The van der Waals surface area contributed by atoms with Crippen LogP contribution in [0.1, 0.15) is 17.5 Å². The van der Waals surface area contributed by atoms with E-state index in [-0.39, 0.29) is 20.1 Å². The van der Waals surface area contributed by atoms with Crippen molar-refractivity contribution in [3.05, 3.63) is 32.7 Å². The van der Waals surface area contributed by atoms with Crippen molar-refractivity contribution >= 4 is 55.4 Å². The molecule has 0 aliphatic heterocycles. The van der Waals surface area contributed by atoms with Crippen LogP contribution in [0.15, 0.2) is 17.0 Å². The van der Waals surface area contributed by atoms with E-state index in [1.54, 1.807) is 0 Å². The van der Waals surface area contributed by atoms with Crippen LogP contribution in [0.4, 0.5) is 10.8 Å². The number of benzene rings is 1. The number of hydrogen-bond donors (Lipinski definition) is 2. The van der Waals surface area contributed by atoms with E-state index in [1.807, 2.05) is 13.8 Å². The molecule has 0 radical (unpaired) electrons. The van der Waals surface area contributed by atoms with Crippen LogP contribution in [0.3, 0.4) is 0 Å². The first kappa shape index (κ1) is 16.4. The van der Waals surface area contributed by atoms with Crippen molar-refractivity contribution in [3.8, 4) is 0 Å². The van der Waals surface area contributed by atoms with Crippen LogP contribution in [-0.4, -0.2) is 13.4 Å². The largest absolute Gasteiger partial charge is 0.399 e. The average molecular weight is 366 g/mol. The number of nitrogen functional groups attached to an aromatic ring is 1. The van der Waals surface area contributed by atoms with Crippen molar-refractivity contribution in [2.45, 2.75) is 25.2 Å². The van der Waals surface area contributed by atoms with Gasteiger partial charge in [0.05, 0.1) is 15.7 Å². The predicted octanol–water partition coefficient (Wildman–Crippen LogP) is 3.70. The van der Waals surface area contributed by atoms with Crippen LogP contribution in [0.25, 0.3) is 0 Å². The van der Waals surface area contributed by atoms with Gasteiger partial charge in [-0.3, -0.25) is 4.72 Å². The van der Waals surface area contributed by atoms with Crippen molar-refractivity contribution in [3.63, 3.8) is 0 Å². The SMILES string of the molecule is CCc1nc(NS(=O)(=O)c2c(Cl)cc(N)cc2Cl)sc1C. The number of rotatable bonds is 4. The number of halogens is 2. The smallest absolute Gasteiger partial charge is 0.266 e. The zero-order valence-electron chi connectivity index (χ0n) is 11.3. The van der Waals surface area contributed by atoms with Crippen LogP contribution in [0, 0.1) is 6.92 Å². The minimum absolute atomic E-state index is 0.0310. The summed E-state index contributed by atoms with van der Waals surface area (Å²) >= 11 is 13.2. The fourth-order valence-electron chi connectivity index (χ4n) is 1.80. The molecule has 1 aromatic heterocycles. The van der Waals surface area contributed by atoms with Crippen LogP contribution in [-0.2, 0) is 16.4 Å². The Kier molecular flexibility index (Phi) is 4.67. The van der Waals surface area contributed by atoms with Crippen molar-refractivity contribution < 1.29 is 8.42 Å². The van der Waals surface area contributed by atoms with Crippen LogP contribution < -0.4 is 10.5 Å². The van der Waals surface area contributed by atoms with Gasteiger partial charge in [0.15, 0.2) is 5.13 Å². The monoisotopic (exact) mass is 365 g/mol. The first-order valence-corrected chi connectivity index (χ1v) is 9.03. The second-order valence-electron chi connectivity index (χ2n) is 4.29. The Bertz CT molecular complexity index is 765. The van der Waals surface area contributed by atoms with Crippen molar-refractivity contribution in [1.29, 1.82) is 0 Å². The maximum Gasteiger partial charge on any atom is 0.266 e. The Morgan fingerprint density at radius 1 is 1.33 bits per heavy atom. The van der Waals surface area contributed by atoms with Gasteiger partial charge in [0.2, 0.25) is 0 Å². The second kappa shape index (κ2) is 6.00. The number of thiazole rings is 1. The molecule has 2 aromatic rings. The van der Waals surface area contributed by atoms with E-state index in [1.165, 1.54) is 23.5 Å². The Morgan fingerprint density at radius 3 is 2.38 bits per heavy atom. The minimum Gasteiger partial charge on any atom is -0.399 e. The number of hydrogen-bond acceptors (Lipinski definition) is 5. The molecular formula is C12H13Cl2N3O2S2. The molecule has 0 aliphatic rings. The van der Waals surface area contributed by atoms with E-state index in [4.69, 9.17) is 28.9 Å². The molecule has 0 amide bonds. The molecule has 0 aliphatic carbocycles. The zero-order chi connectivity index (χ0) is 15.8. The standard InChI is InChI=1S/C12H13Cl2N3O2S2/c1-3-10-6(2)20-12(16-10)17-21(18,19)11-8(13)4-7(15)5-9(11)14/h4-5H,3,15H2,1-2H3,(H,16,17). The molecular weight excluding hydrogens is 353 g/mol. The van der Waals surface area contributed by atoms with Crippen LogP contribution in [0.5, 0.6) is 0 Å². The number of anilines is 2.